The lowest BCUT2D eigenvalue weighted by Gasteiger charge is -2.14. The van der Waals surface area contributed by atoms with Gasteiger partial charge in [-0.3, -0.25) is 14.4 Å². The lowest BCUT2D eigenvalue weighted by molar-refractivity contribution is -0.117. The van der Waals surface area contributed by atoms with E-state index in [4.69, 9.17) is 0 Å². The number of halogens is 3. The molecule has 6 nitrogen and oxygen atoms in total. The first-order valence-corrected chi connectivity index (χ1v) is 10.2. The van der Waals surface area contributed by atoms with Gasteiger partial charge in [0, 0.05) is 35.6 Å². The van der Waals surface area contributed by atoms with E-state index in [2.05, 4.69) is 10.6 Å². The number of anilines is 1. The third-order valence-corrected chi connectivity index (χ3v) is 6.21. The molecule has 0 radical (unpaired) electrons. The summed E-state index contributed by atoms with van der Waals surface area (Å²) in [5.74, 6) is -6.57. The van der Waals surface area contributed by atoms with Crippen LogP contribution in [0.4, 0.5) is 18.9 Å². The molecule has 0 saturated heterocycles. The maximum atomic E-state index is 13.5. The number of aromatic nitrogens is 1. The molecular weight excluding hydrogens is 411 g/mol. The number of hydrogen-bond donors (Lipinski definition) is 2. The van der Waals surface area contributed by atoms with E-state index in [9.17, 15) is 27.6 Å². The number of amides is 2. The first kappa shape index (κ1) is 21.1. The molecule has 2 N–H and O–H groups in total. The van der Waals surface area contributed by atoms with Gasteiger partial charge in [0.1, 0.15) is 5.69 Å². The Bertz CT molecular complexity index is 1100. The van der Waals surface area contributed by atoms with Gasteiger partial charge >= 0.3 is 0 Å². The predicted octanol–water partition coefficient (Wildman–Crippen LogP) is 3.65. The Morgan fingerprint density at radius 2 is 1.77 bits per heavy atom. The van der Waals surface area contributed by atoms with Crippen LogP contribution < -0.4 is 10.6 Å². The summed E-state index contributed by atoms with van der Waals surface area (Å²) in [6.45, 7) is 3.99. The summed E-state index contributed by atoms with van der Waals surface area (Å²) in [5.41, 5.74) is 0.699. The fraction of sp³-hybridized carbons (Fsp3) is 0.409. The number of benzene rings is 1. The Labute approximate surface area is 176 Å². The van der Waals surface area contributed by atoms with Crippen molar-refractivity contribution >= 4 is 23.3 Å². The topological polar surface area (TPSA) is 80.2 Å². The van der Waals surface area contributed by atoms with Crippen LogP contribution in [-0.4, -0.2) is 27.7 Å². The molecule has 0 spiro atoms. The Kier molecular flexibility index (Phi) is 5.15. The molecule has 9 heteroatoms. The molecule has 0 bridgehead atoms. The standard InChI is InChI=1S/C22H22F3N3O3/c1-3-22(6-7-22)27-21(31)19(29)16-11(2)18(28-8-4-5-15(16)28)20(30)26-12-9-13(23)17(25)14(24)10-12/h9-10H,3-8H2,1-2H3,(H,26,30)(H,27,31). The first-order chi connectivity index (χ1) is 14.7. The van der Waals surface area contributed by atoms with Crippen LogP contribution in [-0.2, 0) is 17.8 Å². The fourth-order valence-electron chi connectivity index (χ4n) is 4.26. The van der Waals surface area contributed by atoms with Crippen molar-refractivity contribution in [3.8, 4) is 0 Å². The number of carbonyl (C=O) groups is 3. The summed E-state index contributed by atoms with van der Waals surface area (Å²) < 4.78 is 41.8. The molecule has 1 fully saturated rings. The molecule has 2 amide bonds. The highest BCUT2D eigenvalue weighted by molar-refractivity contribution is 6.44. The lowest BCUT2D eigenvalue weighted by Crippen LogP contribution is -2.41. The molecule has 2 aliphatic rings. The van der Waals surface area contributed by atoms with Gasteiger partial charge in [0.25, 0.3) is 17.6 Å². The van der Waals surface area contributed by atoms with Gasteiger partial charge < -0.3 is 15.2 Å². The monoisotopic (exact) mass is 433 g/mol. The molecule has 2 heterocycles. The van der Waals surface area contributed by atoms with E-state index in [1.165, 1.54) is 0 Å². The molecule has 31 heavy (non-hydrogen) atoms. The number of nitrogens with one attached hydrogen (secondary N) is 2. The van der Waals surface area contributed by atoms with Gasteiger partial charge in [-0.25, -0.2) is 13.2 Å². The second kappa shape index (κ2) is 7.55. The maximum Gasteiger partial charge on any atom is 0.292 e. The largest absolute Gasteiger partial charge is 0.344 e. The van der Waals surface area contributed by atoms with Crippen molar-refractivity contribution in [2.75, 3.05) is 5.32 Å². The predicted molar refractivity (Wildman–Crippen MR) is 106 cm³/mol. The molecule has 0 unspecified atom stereocenters. The minimum Gasteiger partial charge on any atom is -0.344 e. The van der Waals surface area contributed by atoms with Crippen molar-refractivity contribution in [2.24, 2.45) is 0 Å². The zero-order chi connectivity index (χ0) is 22.5. The lowest BCUT2D eigenvalue weighted by atomic mass is 10.0. The van der Waals surface area contributed by atoms with Gasteiger partial charge in [0.05, 0.1) is 5.56 Å². The van der Waals surface area contributed by atoms with E-state index in [1.807, 2.05) is 6.92 Å². The Morgan fingerprint density at radius 1 is 1.13 bits per heavy atom. The van der Waals surface area contributed by atoms with Gasteiger partial charge in [-0.05, 0) is 44.6 Å². The third-order valence-electron chi connectivity index (χ3n) is 6.21. The highest BCUT2D eigenvalue weighted by Crippen LogP contribution is 2.38. The molecule has 0 atom stereocenters. The number of rotatable bonds is 6. The SMILES string of the molecule is CCC1(NC(=O)C(=O)c2c(C)c(C(=O)Nc3cc(F)c(F)c(F)c3)n3c2CCC3)CC1. The average molecular weight is 433 g/mol. The van der Waals surface area contributed by atoms with E-state index in [0.29, 0.717) is 42.8 Å². The zero-order valence-corrected chi connectivity index (χ0v) is 17.2. The molecule has 1 saturated carbocycles. The molecule has 1 aromatic heterocycles. The van der Waals surface area contributed by atoms with E-state index in [0.717, 1.165) is 19.3 Å². The summed E-state index contributed by atoms with van der Waals surface area (Å²) in [6.07, 6.45) is 3.61. The van der Waals surface area contributed by atoms with Crippen molar-refractivity contribution in [3.63, 3.8) is 0 Å². The normalized spacial score (nSPS) is 16.0. The smallest absolute Gasteiger partial charge is 0.292 e. The van der Waals surface area contributed by atoms with Gasteiger partial charge in [0.15, 0.2) is 17.5 Å². The average Bonchev–Trinajstić information content (AvgIpc) is 3.23. The van der Waals surface area contributed by atoms with Crippen molar-refractivity contribution in [2.45, 2.75) is 58.0 Å². The molecule has 1 aliphatic carbocycles. The minimum atomic E-state index is -1.63. The van der Waals surface area contributed by atoms with Crippen molar-refractivity contribution < 1.29 is 27.6 Å². The summed E-state index contributed by atoms with van der Waals surface area (Å²) in [7, 11) is 0. The highest BCUT2D eigenvalue weighted by Gasteiger charge is 2.44. The van der Waals surface area contributed by atoms with Crippen LogP contribution in [0, 0.1) is 24.4 Å². The summed E-state index contributed by atoms with van der Waals surface area (Å²) in [5, 5.41) is 5.17. The van der Waals surface area contributed by atoms with Crippen LogP contribution in [0.5, 0.6) is 0 Å². The minimum absolute atomic E-state index is 0.144. The van der Waals surface area contributed by atoms with Crippen molar-refractivity contribution in [3.05, 3.63) is 52.1 Å². The number of Topliss-reactive ketones (excluding diaryl/α,β-unsaturated/α-hetero) is 1. The fourth-order valence-corrected chi connectivity index (χ4v) is 4.26. The summed E-state index contributed by atoms with van der Waals surface area (Å²) in [4.78, 5) is 38.5. The number of nitrogens with zero attached hydrogens (tertiary/aromatic N) is 1. The molecule has 1 aromatic carbocycles. The first-order valence-electron chi connectivity index (χ1n) is 10.2. The highest BCUT2D eigenvalue weighted by atomic mass is 19.2. The number of fused-ring (bicyclic) bond motifs is 1. The van der Waals surface area contributed by atoms with Crippen LogP contribution in [0.3, 0.4) is 0 Å². The van der Waals surface area contributed by atoms with Gasteiger partial charge in [-0.2, -0.15) is 0 Å². The maximum absolute atomic E-state index is 13.5. The molecular formula is C22H22F3N3O3. The zero-order valence-electron chi connectivity index (χ0n) is 17.2. The quantitative estimate of drug-likeness (QED) is 0.415. The van der Waals surface area contributed by atoms with E-state index < -0.39 is 35.0 Å². The third kappa shape index (κ3) is 3.62. The van der Waals surface area contributed by atoms with Crippen molar-refractivity contribution in [1.82, 2.24) is 9.88 Å². The number of carbonyl (C=O) groups excluding carboxylic acids is 3. The molecule has 4 rings (SSSR count). The number of ketones is 1. The van der Waals surface area contributed by atoms with Gasteiger partial charge in [-0.15, -0.1) is 0 Å². The van der Waals surface area contributed by atoms with Crippen LogP contribution in [0.2, 0.25) is 0 Å². The van der Waals surface area contributed by atoms with Crippen LogP contribution in [0.15, 0.2) is 12.1 Å². The van der Waals surface area contributed by atoms with Gasteiger partial charge in [-0.1, -0.05) is 6.92 Å². The second-order valence-electron chi connectivity index (χ2n) is 8.18. The summed E-state index contributed by atoms with van der Waals surface area (Å²) in [6, 6.07) is 1.36. The van der Waals surface area contributed by atoms with Crippen molar-refractivity contribution in [1.29, 1.82) is 0 Å². The molecule has 164 valence electrons. The Morgan fingerprint density at radius 3 is 2.35 bits per heavy atom. The van der Waals surface area contributed by atoms with Crippen LogP contribution in [0.25, 0.3) is 0 Å². The number of hydrogen-bond acceptors (Lipinski definition) is 3. The van der Waals surface area contributed by atoms with E-state index in [-0.39, 0.29) is 22.5 Å². The Hall–Kier alpha value is -3.10. The Balaban J connectivity index is 1.65. The van der Waals surface area contributed by atoms with Gasteiger partial charge in [0.2, 0.25) is 0 Å². The molecule has 1 aliphatic heterocycles. The molecule has 2 aromatic rings. The summed E-state index contributed by atoms with van der Waals surface area (Å²) >= 11 is 0. The van der Waals surface area contributed by atoms with Crippen LogP contribution >= 0.6 is 0 Å². The van der Waals surface area contributed by atoms with E-state index >= 15 is 0 Å². The second-order valence-corrected chi connectivity index (χ2v) is 8.18. The van der Waals surface area contributed by atoms with Crippen LogP contribution in [0.1, 0.15) is 64.7 Å². The van der Waals surface area contributed by atoms with E-state index in [1.54, 1.807) is 11.5 Å².